The number of rotatable bonds is 5. The topological polar surface area (TPSA) is 30.7 Å². The fraction of sp³-hybridized carbons (Fsp3) is 0. The molecule has 0 atom stereocenters. The van der Waals surface area contributed by atoms with Gasteiger partial charge in [0.15, 0.2) is 5.82 Å². The lowest BCUT2D eigenvalue weighted by molar-refractivity contribution is 1.17. The van der Waals surface area contributed by atoms with E-state index in [-0.39, 0.29) is 0 Å². The molecule has 0 aliphatic carbocycles. The molecule has 0 bridgehead atoms. The van der Waals surface area contributed by atoms with Gasteiger partial charge < -0.3 is 4.57 Å². The molecule has 0 saturated heterocycles. The van der Waals surface area contributed by atoms with Gasteiger partial charge in [0, 0.05) is 33.0 Å². The summed E-state index contributed by atoms with van der Waals surface area (Å²) in [5.74, 6) is 0.697. The van der Waals surface area contributed by atoms with E-state index in [0.29, 0.717) is 5.82 Å². The first kappa shape index (κ1) is 33.3. The molecule has 2 heterocycles. The summed E-state index contributed by atoms with van der Waals surface area (Å²) >= 11 is 0. The molecule has 10 aromatic carbocycles. The van der Waals surface area contributed by atoms with Crippen molar-refractivity contribution in [2.75, 3.05) is 0 Å². The molecule has 59 heavy (non-hydrogen) atoms. The summed E-state index contributed by atoms with van der Waals surface area (Å²) in [5.41, 5.74) is 12.1. The zero-order valence-corrected chi connectivity index (χ0v) is 32.0. The van der Waals surface area contributed by atoms with Crippen LogP contribution in [0.1, 0.15) is 0 Å². The van der Waals surface area contributed by atoms with E-state index in [1.807, 2.05) is 0 Å². The lowest BCUT2D eigenvalue weighted by atomic mass is 9.94. The first-order chi connectivity index (χ1) is 29.2. The van der Waals surface area contributed by atoms with Crippen molar-refractivity contribution in [1.29, 1.82) is 0 Å². The third kappa shape index (κ3) is 5.44. The molecule has 0 unspecified atom stereocenters. The SMILES string of the molecule is c1ccc(-c2ccc(-c3cccc4c3c3cc5ccccc5cc3n4-c3cccc(-c4nc(-c5cc6ccccc6c6ccccc56)c5ccccc5n4)c3)cc2)cc1. The van der Waals surface area contributed by atoms with Gasteiger partial charge in [-0.05, 0) is 97.0 Å². The van der Waals surface area contributed by atoms with Gasteiger partial charge in [-0.2, -0.15) is 0 Å². The van der Waals surface area contributed by atoms with Crippen molar-refractivity contribution in [2.45, 2.75) is 0 Å². The van der Waals surface area contributed by atoms with Gasteiger partial charge in [0.2, 0.25) is 0 Å². The van der Waals surface area contributed by atoms with Crippen LogP contribution in [0.25, 0.3) is 116 Å². The molecule has 12 rings (SSSR count). The molecular weight excluding hydrogens is 715 g/mol. The first-order valence-corrected chi connectivity index (χ1v) is 20.2. The van der Waals surface area contributed by atoms with Crippen LogP contribution in [-0.4, -0.2) is 14.5 Å². The summed E-state index contributed by atoms with van der Waals surface area (Å²) in [4.78, 5) is 10.7. The van der Waals surface area contributed by atoms with Gasteiger partial charge in [0.25, 0.3) is 0 Å². The van der Waals surface area contributed by atoms with Crippen LogP contribution >= 0.6 is 0 Å². The summed E-state index contributed by atoms with van der Waals surface area (Å²) in [5, 5.41) is 10.8. The number of hydrogen-bond donors (Lipinski definition) is 0. The highest BCUT2D eigenvalue weighted by Crippen LogP contribution is 2.42. The van der Waals surface area contributed by atoms with Crippen LogP contribution in [-0.2, 0) is 0 Å². The van der Waals surface area contributed by atoms with E-state index in [2.05, 4.69) is 217 Å². The summed E-state index contributed by atoms with van der Waals surface area (Å²) in [6.45, 7) is 0. The predicted molar refractivity (Wildman–Crippen MR) is 248 cm³/mol. The first-order valence-electron chi connectivity index (χ1n) is 20.2. The Balaban J connectivity index is 1.07. The minimum atomic E-state index is 0.697. The second-order valence-electron chi connectivity index (χ2n) is 15.3. The zero-order chi connectivity index (χ0) is 38.9. The smallest absolute Gasteiger partial charge is 0.160 e. The Morgan fingerprint density at radius 2 is 0.949 bits per heavy atom. The molecule has 0 radical (unpaired) electrons. The molecule has 3 heteroatoms. The number of fused-ring (bicyclic) bond motifs is 8. The molecule has 0 amide bonds. The van der Waals surface area contributed by atoms with Gasteiger partial charge in [0.1, 0.15) is 0 Å². The second kappa shape index (κ2) is 13.4. The molecule has 0 saturated carbocycles. The highest BCUT2D eigenvalue weighted by atomic mass is 15.0. The van der Waals surface area contributed by atoms with Gasteiger partial charge in [-0.1, -0.05) is 170 Å². The second-order valence-corrected chi connectivity index (χ2v) is 15.3. The minimum absolute atomic E-state index is 0.697. The number of para-hydroxylation sites is 1. The maximum absolute atomic E-state index is 5.45. The molecule has 274 valence electrons. The predicted octanol–water partition coefficient (Wildman–Crippen LogP) is 14.9. The van der Waals surface area contributed by atoms with Crippen LogP contribution < -0.4 is 0 Å². The zero-order valence-electron chi connectivity index (χ0n) is 32.0. The number of hydrogen-bond acceptors (Lipinski definition) is 2. The van der Waals surface area contributed by atoms with Gasteiger partial charge in [-0.25, -0.2) is 9.97 Å². The summed E-state index contributed by atoms with van der Waals surface area (Å²) in [7, 11) is 0. The van der Waals surface area contributed by atoms with Gasteiger partial charge in [-0.15, -0.1) is 0 Å². The van der Waals surface area contributed by atoms with Crippen LogP contribution in [0.15, 0.2) is 212 Å². The van der Waals surface area contributed by atoms with Crippen molar-refractivity contribution in [3.05, 3.63) is 212 Å². The number of nitrogens with zero attached hydrogens (tertiary/aromatic N) is 3. The largest absolute Gasteiger partial charge is 0.309 e. The Morgan fingerprint density at radius 1 is 0.322 bits per heavy atom. The van der Waals surface area contributed by atoms with Crippen LogP contribution in [0.2, 0.25) is 0 Å². The summed E-state index contributed by atoms with van der Waals surface area (Å²) in [6.07, 6.45) is 0. The van der Waals surface area contributed by atoms with Crippen molar-refractivity contribution in [1.82, 2.24) is 14.5 Å². The Hall–Kier alpha value is -7.88. The van der Waals surface area contributed by atoms with Crippen molar-refractivity contribution in [3.63, 3.8) is 0 Å². The minimum Gasteiger partial charge on any atom is -0.309 e. The third-order valence-corrected chi connectivity index (χ3v) is 11.9. The normalized spacial score (nSPS) is 11.7. The van der Waals surface area contributed by atoms with E-state index >= 15 is 0 Å². The van der Waals surface area contributed by atoms with Crippen molar-refractivity contribution >= 4 is 65.0 Å². The fourth-order valence-corrected chi connectivity index (χ4v) is 9.19. The van der Waals surface area contributed by atoms with E-state index in [1.54, 1.807) is 0 Å². The molecule has 2 aromatic heterocycles. The fourth-order valence-electron chi connectivity index (χ4n) is 9.19. The molecule has 0 aliphatic heterocycles. The highest BCUT2D eigenvalue weighted by molar-refractivity contribution is 6.19. The molecular formula is C56H35N3. The monoisotopic (exact) mass is 749 g/mol. The van der Waals surface area contributed by atoms with Crippen LogP contribution in [0.3, 0.4) is 0 Å². The van der Waals surface area contributed by atoms with Crippen LogP contribution in [0.5, 0.6) is 0 Å². The molecule has 0 aliphatic rings. The van der Waals surface area contributed by atoms with Crippen molar-refractivity contribution in [2.24, 2.45) is 0 Å². The molecule has 0 spiro atoms. The molecule has 3 nitrogen and oxygen atoms in total. The Morgan fingerprint density at radius 3 is 1.78 bits per heavy atom. The number of aromatic nitrogens is 3. The Kier molecular flexibility index (Phi) is 7.54. The number of benzene rings is 10. The van der Waals surface area contributed by atoms with E-state index in [0.717, 1.165) is 44.4 Å². The average Bonchev–Trinajstić information content (AvgIpc) is 3.64. The molecule has 0 N–H and O–H groups in total. The lowest BCUT2D eigenvalue weighted by Crippen LogP contribution is -1.98. The van der Waals surface area contributed by atoms with Crippen molar-refractivity contribution < 1.29 is 0 Å². The Bertz CT molecular complexity index is 3600. The Labute approximate surface area is 341 Å². The quantitative estimate of drug-likeness (QED) is 0.164. The summed E-state index contributed by atoms with van der Waals surface area (Å²) < 4.78 is 2.42. The van der Waals surface area contributed by atoms with Crippen LogP contribution in [0.4, 0.5) is 0 Å². The standard InChI is InChI=1S/C56H35N3/c1-2-14-36(15-3-1)37-28-30-38(31-29-37)45-25-13-27-52-54(45)50-33-39-16-4-5-17-40(39)35-53(50)59(52)43-20-12-19-42(32-43)56-57-51-26-11-10-24-48(51)55(58-56)49-34-41-18-6-7-21-44(41)46-22-8-9-23-47(46)49/h1-35H. The van der Waals surface area contributed by atoms with E-state index in [4.69, 9.17) is 9.97 Å². The van der Waals surface area contributed by atoms with Crippen molar-refractivity contribution in [3.8, 4) is 50.6 Å². The average molecular weight is 750 g/mol. The van der Waals surface area contributed by atoms with Gasteiger partial charge >= 0.3 is 0 Å². The van der Waals surface area contributed by atoms with Gasteiger partial charge in [-0.3, -0.25) is 0 Å². The molecule has 0 fully saturated rings. The van der Waals surface area contributed by atoms with E-state index in [1.165, 1.54) is 65.3 Å². The maximum atomic E-state index is 5.45. The van der Waals surface area contributed by atoms with Gasteiger partial charge in [0.05, 0.1) is 22.2 Å². The highest BCUT2D eigenvalue weighted by Gasteiger charge is 2.20. The summed E-state index contributed by atoms with van der Waals surface area (Å²) in [6, 6.07) is 76.3. The third-order valence-electron chi connectivity index (χ3n) is 11.9. The maximum Gasteiger partial charge on any atom is 0.160 e. The van der Waals surface area contributed by atoms with Crippen LogP contribution in [0, 0.1) is 0 Å². The molecule has 12 aromatic rings. The van der Waals surface area contributed by atoms with E-state index in [9.17, 15) is 0 Å². The lowest BCUT2D eigenvalue weighted by Gasteiger charge is -2.14. The van der Waals surface area contributed by atoms with E-state index < -0.39 is 0 Å².